The number of aliphatic imine (C=N–C) groups is 1. The largest absolute Gasteiger partial charge is 0.370 e. The second-order valence-electron chi connectivity index (χ2n) is 4.53. The minimum Gasteiger partial charge on any atom is -0.370 e. The predicted octanol–water partition coefficient (Wildman–Crippen LogP) is 3.38. The van der Waals surface area contributed by atoms with Gasteiger partial charge < -0.3 is 11.1 Å². The van der Waals surface area contributed by atoms with Crippen LogP contribution < -0.4 is 11.1 Å². The molecule has 1 rings (SSSR count). The topological polar surface area (TPSA) is 50.4 Å². The number of aryl methyl sites for hydroxylation is 1. The summed E-state index contributed by atoms with van der Waals surface area (Å²) in [6.45, 7) is 8.16. The molecule has 0 saturated heterocycles. The highest BCUT2D eigenvalue weighted by atomic mass is 127. The molecular weight excluding hydrogens is 357 g/mol. The van der Waals surface area contributed by atoms with Crippen molar-refractivity contribution in [2.45, 2.75) is 40.2 Å². The van der Waals surface area contributed by atoms with E-state index >= 15 is 0 Å². The Morgan fingerprint density at radius 3 is 2.61 bits per heavy atom. The third kappa shape index (κ3) is 7.20. The summed E-state index contributed by atoms with van der Waals surface area (Å²) in [4.78, 5) is 7.01. The summed E-state index contributed by atoms with van der Waals surface area (Å²) < 4.78 is 0. The molecule has 0 saturated carbocycles. The van der Waals surface area contributed by atoms with Crippen molar-refractivity contribution in [2.24, 2.45) is 16.6 Å². The zero-order valence-corrected chi connectivity index (χ0v) is 14.5. The van der Waals surface area contributed by atoms with E-state index in [-0.39, 0.29) is 24.0 Å². The van der Waals surface area contributed by atoms with E-state index in [2.05, 4.69) is 43.2 Å². The molecule has 0 radical (unpaired) electrons. The van der Waals surface area contributed by atoms with Crippen molar-refractivity contribution in [1.82, 2.24) is 5.32 Å². The van der Waals surface area contributed by atoms with Crippen molar-refractivity contribution in [2.75, 3.05) is 6.54 Å². The van der Waals surface area contributed by atoms with Crippen LogP contribution in [0.15, 0.2) is 17.1 Å². The Bertz CT molecular complexity index is 361. The smallest absolute Gasteiger partial charge is 0.188 e. The van der Waals surface area contributed by atoms with Crippen LogP contribution in [-0.4, -0.2) is 12.5 Å². The molecule has 5 heteroatoms. The van der Waals surface area contributed by atoms with Crippen molar-refractivity contribution in [3.8, 4) is 0 Å². The van der Waals surface area contributed by atoms with Crippen LogP contribution in [0.1, 0.15) is 36.9 Å². The van der Waals surface area contributed by atoms with Crippen LogP contribution in [0.4, 0.5) is 0 Å². The van der Waals surface area contributed by atoms with E-state index in [9.17, 15) is 0 Å². The Kier molecular flexibility index (Phi) is 9.45. The molecule has 0 unspecified atom stereocenters. The number of nitrogens with one attached hydrogen (secondary N) is 1. The first-order valence-electron chi connectivity index (χ1n) is 6.23. The highest BCUT2D eigenvalue weighted by Crippen LogP contribution is 2.17. The molecule has 0 aliphatic carbocycles. The van der Waals surface area contributed by atoms with Crippen LogP contribution in [0.25, 0.3) is 0 Å². The van der Waals surface area contributed by atoms with Gasteiger partial charge in [-0.1, -0.05) is 20.8 Å². The molecule has 0 aliphatic rings. The molecule has 0 atom stereocenters. The molecule has 0 bridgehead atoms. The molecule has 0 fully saturated rings. The second kappa shape index (κ2) is 9.61. The number of thiophene rings is 1. The molecule has 1 aromatic rings. The number of nitrogens with two attached hydrogens (primary N) is 1. The molecule has 0 amide bonds. The lowest BCUT2D eigenvalue weighted by Crippen LogP contribution is -2.32. The van der Waals surface area contributed by atoms with E-state index < -0.39 is 0 Å². The average Bonchev–Trinajstić information content (AvgIpc) is 2.73. The highest BCUT2D eigenvalue weighted by Gasteiger charge is 1.98. The number of nitrogens with zero attached hydrogens (tertiary/aromatic N) is 1. The van der Waals surface area contributed by atoms with Crippen LogP contribution in [0.5, 0.6) is 0 Å². The minimum absolute atomic E-state index is 0. The summed E-state index contributed by atoms with van der Waals surface area (Å²) in [5.41, 5.74) is 5.79. The first-order chi connectivity index (χ1) is 8.11. The van der Waals surface area contributed by atoms with Crippen molar-refractivity contribution in [1.29, 1.82) is 0 Å². The monoisotopic (exact) mass is 381 g/mol. The quantitative estimate of drug-likeness (QED) is 0.451. The van der Waals surface area contributed by atoms with Gasteiger partial charge in [-0.3, -0.25) is 0 Å². The van der Waals surface area contributed by atoms with Crippen molar-refractivity contribution < 1.29 is 0 Å². The molecule has 0 spiro atoms. The van der Waals surface area contributed by atoms with Gasteiger partial charge in [0.15, 0.2) is 5.96 Å². The number of hydrogen-bond donors (Lipinski definition) is 2. The molecule has 3 nitrogen and oxygen atoms in total. The third-order valence-electron chi connectivity index (χ3n) is 2.50. The summed E-state index contributed by atoms with van der Waals surface area (Å²) in [5.74, 6) is 1.25. The maximum atomic E-state index is 5.79. The van der Waals surface area contributed by atoms with Gasteiger partial charge in [-0.15, -0.1) is 35.3 Å². The molecule has 0 aromatic carbocycles. The van der Waals surface area contributed by atoms with Crippen molar-refractivity contribution in [3.63, 3.8) is 0 Å². The molecule has 1 aromatic heterocycles. The fourth-order valence-electron chi connectivity index (χ4n) is 1.41. The molecule has 0 aliphatic heterocycles. The lowest BCUT2D eigenvalue weighted by atomic mass is 10.1. The van der Waals surface area contributed by atoms with E-state index in [4.69, 9.17) is 5.73 Å². The van der Waals surface area contributed by atoms with Crippen LogP contribution in [0.3, 0.4) is 0 Å². The number of rotatable bonds is 6. The lowest BCUT2D eigenvalue weighted by molar-refractivity contribution is 0.576. The summed E-state index contributed by atoms with van der Waals surface area (Å²) in [6, 6.07) is 4.30. The lowest BCUT2D eigenvalue weighted by Gasteiger charge is -2.06. The van der Waals surface area contributed by atoms with Gasteiger partial charge in [0, 0.05) is 16.3 Å². The molecule has 1 heterocycles. The van der Waals surface area contributed by atoms with E-state index in [1.165, 1.54) is 9.75 Å². The zero-order chi connectivity index (χ0) is 12.7. The Hall–Kier alpha value is -0.300. The van der Waals surface area contributed by atoms with E-state index in [1.54, 1.807) is 0 Å². The molecule has 104 valence electrons. The zero-order valence-electron chi connectivity index (χ0n) is 11.4. The van der Waals surface area contributed by atoms with Crippen LogP contribution in [0.2, 0.25) is 0 Å². The van der Waals surface area contributed by atoms with Crippen LogP contribution >= 0.6 is 35.3 Å². The van der Waals surface area contributed by atoms with Gasteiger partial charge in [0.25, 0.3) is 0 Å². The van der Waals surface area contributed by atoms with E-state index in [1.807, 2.05) is 11.3 Å². The highest BCUT2D eigenvalue weighted by molar-refractivity contribution is 14.0. The summed E-state index contributed by atoms with van der Waals surface area (Å²) in [5, 5.41) is 3.14. The SMILES string of the molecule is CCc1ccc(CN=C(N)NCCC(C)C)s1.I. The van der Waals surface area contributed by atoms with E-state index in [0.29, 0.717) is 18.4 Å². The first kappa shape index (κ1) is 17.7. The molecule has 3 N–H and O–H groups in total. The third-order valence-corrected chi connectivity index (χ3v) is 3.71. The van der Waals surface area contributed by atoms with Gasteiger partial charge in [0.1, 0.15) is 0 Å². The van der Waals surface area contributed by atoms with Gasteiger partial charge in [0.05, 0.1) is 6.54 Å². The number of halogens is 1. The second-order valence-corrected chi connectivity index (χ2v) is 5.79. The fraction of sp³-hybridized carbons (Fsp3) is 0.615. The summed E-state index contributed by atoms with van der Waals surface area (Å²) >= 11 is 1.81. The Morgan fingerprint density at radius 1 is 1.39 bits per heavy atom. The van der Waals surface area contributed by atoms with Gasteiger partial charge in [-0.05, 0) is 30.9 Å². The van der Waals surface area contributed by atoms with Crippen LogP contribution in [0, 0.1) is 5.92 Å². The first-order valence-corrected chi connectivity index (χ1v) is 7.04. The number of guanidine groups is 1. The number of hydrogen-bond acceptors (Lipinski definition) is 2. The average molecular weight is 381 g/mol. The van der Waals surface area contributed by atoms with Gasteiger partial charge in [-0.2, -0.15) is 0 Å². The Labute approximate surface area is 131 Å². The predicted molar refractivity (Wildman–Crippen MR) is 91.9 cm³/mol. The Balaban J connectivity index is 0.00000289. The molecular formula is C13H24IN3S. The van der Waals surface area contributed by atoms with Gasteiger partial charge >= 0.3 is 0 Å². The Morgan fingerprint density at radius 2 is 2.06 bits per heavy atom. The molecule has 18 heavy (non-hydrogen) atoms. The van der Waals surface area contributed by atoms with Crippen molar-refractivity contribution >= 4 is 41.3 Å². The summed E-state index contributed by atoms with van der Waals surface area (Å²) in [6.07, 6.45) is 2.21. The maximum Gasteiger partial charge on any atom is 0.188 e. The minimum atomic E-state index is 0. The standard InChI is InChI=1S/C13H23N3S.HI/c1-4-11-5-6-12(17-11)9-16-13(14)15-8-7-10(2)3;/h5-6,10H,4,7-9H2,1-3H3,(H3,14,15,16);1H. The van der Waals surface area contributed by atoms with Gasteiger partial charge in [-0.25, -0.2) is 4.99 Å². The van der Waals surface area contributed by atoms with Crippen molar-refractivity contribution in [3.05, 3.63) is 21.9 Å². The normalized spacial score (nSPS) is 11.4. The van der Waals surface area contributed by atoms with Gasteiger partial charge in [0.2, 0.25) is 0 Å². The van der Waals surface area contributed by atoms with E-state index in [0.717, 1.165) is 19.4 Å². The van der Waals surface area contributed by atoms with Crippen LogP contribution in [-0.2, 0) is 13.0 Å². The summed E-state index contributed by atoms with van der Waals surface area (Å²) in [7, 11) is 0. The fourth-order valence-corrected chi connectivity index (χ4v) is 2.29. The maximum absolute atomic E-state index is 5.79.